The van der Waals surface area contributed by atoms with Crippen molar-refractivity contribution in [2.45, 2.75) is 65.6 Å². The van der Waals surface area contributed by atoms with Crippen LogP contribution in [0.4, 0.5) is 0 Å². The van der Waals surface area contributed by atoms with E-state index in [0.29, 0.717) is 6.04 Å². The summed E-state index contributed by atoms with van der Waals surface area (Å²) in [5.41, 5.74) is 0. The second-order valence-corrected chi connectivity index (χ2v) is 5.72. The van der Waals surface area contributed by atoms with Crippen LogP contribution in [-0.4, -0.2) is 24.0 Å². The van der Waals surface area contributed by atoms with Gasteiger partial charge in [-0.1, -0.05) is 13.8 Å². The SMILES string of the molecule is CC(C)NC(=O)C(C)NC1CC(C(C)C)C1. The van der Waals surface area contributed by atoms with Gasteiger partial charge in [-0.15, -0.1) is 0 Å². The molecule has 1 saturated carbocycles. The molecule has 3 nitrogen and oxygen atoms in total. The van der Waals surface area contributed by atoms with Crippen LogP contribution in [0.5, 0.6) is 0 Å². The van der Waals surface area contributed by atoms with Crippen molar-refractivity contribution >= 4 is 5.91 Å². The topological polar surface area (TPSA) is 41.1 Å². The Morgan fingerprint density at radius 3 is 2.12 bits per heavy atom. The average Bonchev–Trinajstić information content (AvgIpc) is 2.07. The van der Waals surface area contributed by atoms with Gasteiger partial charge in [-0.2, -0.15) is 0 Å². The standard InChI is InChI=1S/C13H26N2O/c1-8(2)11-6-12(7-11)15-10(5)13(16)14-9(3)4/h8-12,15H,6-7H2,1-5H3,(H,14,16). The summed E-state index contributed by atoms with van der Waals surface area (Å²) >= 11 is 0. The minimum Gasteiger partial charge on any atom is -0.353 e. The van der Waals surface area contributed by atoms with Crippen molar-refractivity contribution in [3.8, 4) is 0 Å². The van der Waals surface area contributed by atoms with Gasteiger partial charge in [0.25, 0.3) is 0 Å². The maximum atomic E-state index is 11.7. The molecule has 1 amide bonds. The second-order valence-electron chi connectivity index (χ2n) is 5.72. The Morgan fingerprint density at radius 2 is 1.69 bits per heavy atom. The van der Waals surface area contributed by atoms with Crippen molar-refractivity contribution in [2.75, 3.05) is 0 Å². The molecular formula is C13H26N2O. The minimum atomic E-state index is -0.0690. The van der Waals surface area contributed by atoms with Gasteiger partial charge in [0.1, 0.15) is 0 Å². The Hall–Kier alpha value is -0.570. The first-order valence-corrected chi connectivity index (χ1v) is 6.46. The van der Waals surface area contributed by atoms with E-state index in [1.165, 1.54) is 12.8 Å². The van der Waals surface area contributed by atoms with Crippen molar-refractivity contribution in [1.29, 1.82) is 0 Å². The molecular weight excluding hydrogens is 200 g/mol. The normalized spacial score (nSPS) is 26.7. The Morgan fingerprint density at radius 1 is 1.12 bits per heavy atom. The number of amides is 1. The molecule has 0 radical (unpaired) electrons. The molecule has 0 bridgehead atoms. The van der Waals surface area contributed by atoms with Gasteiger partial charge in [-0.3, -0.25) is 4.79 Å². The molecule has 0 aliphatic heterocycles. The van der Waals surface area contributed by atoms with E-state index >= 15 is 0 Å². The summed E-state index contributed by atoms with van der Waals surface area (Å²) in [6, 6.07) is 0.697. The largest absolute Gasteiger partial charge is 0.353 e. The molecule has 94 valence electrons. The van der Waals surface area contributed by atoms with Crippen LogP contribution >= 0.6 is 0 Å². The zero-order chi connectivity index (χ0) is 12.3. The molecule has 1 aliphatic rings. The number of rotatable bonds is 5. The number of carbonyl (C=O) groups excluding carboxylic acids is 1. The fourth-order valence-electron chi connectivity index (χ4n) is 2.18. The minimum absolute atomic E-state index is 0.0690. The highest BCUT2D eigenvalue weighted by atomic mass is 16.2. The highest BCUT2D eigenvalue weighted by Gasteiger charge is 2.32. The maximum absolute atomic E-state index is 11.7. The Bertz CT molecular complexity index is 232. The number of hydrogen-bond donors (Lipinski definition) is 2. The van der Waals surface area contributed by atoms with Crippen LogP contribution in [0.15, 0.2) is 0 Å². The molecule has 2 N–H and O–H groups in total. The van der Waals surface area contributed by atoms with E-state index in [1.54, 1.807) is 0 Å². The van der Waals surface area contributed by atoms with Crippen LogP contribution < -0.4 is 10.6 Å². The smallest absolute Gasteiger partial charge is 0.237 e. The number of hydrogen-bond acceptors (Lipinski definition) is 2. The predicted octanol–water partition coefficient (Wildman–Crippen LogP) is 1.92. The van der Waals surface area contributed by atoms with Crippen LogP contribution in [0.1, 0.15) is 47.5 Å². The van der Waals surface area contributed by atoms with E-state index in [0.717, 1.165) is 11.8 Å². The molecule has 1 rings (SSSR count). The first-order valence-electron chi connectivity index (χ1n) is 6.46. The third kappa shape index (κ3) is 3.78. The van der Waals surface area contributed by atoms with Crippen LogP contribution in [0.3, 0.4) is 0 Å². The highest BCUT2D eigenvalue weighted by Crippen LogP contribution is 2.33. The van der Waals surface area contributed by atoms with Gasteiger partial charge < -0.3 is 10.6 Å². The lowest BCUT2D eigenvalue weighted by molar-refractivity contribution is -0.123. The van der Waals surface area contributed by atoms with Crippen molar-refractivity contribution in [3.63, 3.8) is 0 Å². The number of nitrogens with one attached hydrogen (secondary N) is 2. The molecule has 0 aromatic carbocycles. The predicted molar refractivity (Wildman–Crippen MR) is 67.2 cm³/mol. The summed E-state index contributed by atoms with van der Waals surface area (Å²) in [6.07, 6.45) is 2.44. The quantitative estimate of drug-likeness (QED) is 0.752. The molecule has 16 heavy (non-hydrogen) atoms. The van der Waals surface area contributed by atoms with E-state index < -0.39 is 0 Å². The molecule has 0 aromatic heterocycles. The fraction of sp³-hybridized carbons (Fsp3) is 0.923. The first kappa shape index (κ1) is 13.5. The highest BCUT2D eigenvalue weighted by molar-refractivity contribution is 5.81. The van der Waals surface area contributed by atoms with E-state index in [4.69, 9.17) is 0 Å². The lowest BCUT2D eigenvalue weighted by atomic mass is 9.73. The summed E-state index contributed by atoms with van der Waals surface area (Å²) in [7, 11) is 0. The summed E-state index contributed by atoms with van der Waals surface area (Å²) in [6.45, 7) is 10.5. The molecule has 1 atom stereocenters. The zero-order valence-corrected chi connectivity index (χ0v) is 11.2. The Kier molecular flexibility index (Phi) is 4.78. The summed E-state index contributed by atoms with van der Waals surface area (Å²) in [5, 5.41) is 6.32. The van der Waals surface area contributed by atoms with Gasteiger partial charge in [0.05, 0.1) is 6.04 Å². The van der Waals surface area contributed by atoms with Crippen LogP contribution in [0.25, 0.3) is 0 Å². The third-order valence-corrected chi connectivity index (χ3v) is 3.43. The molecule has 1 aliphatic carbocycles. The maximum Gasteiger partial charge on any atom is 0.237 e. The summed E-state index contributed by atoms with van der Waals surface area (Å²) in [5.74, 6) is 1.73. The molecule has 0 heterocycles. The zero-order valence-electron chi connectivity index (χ0n) is 11.2. The van der Waals surface area contributed by atoms with Gasteiger partial charge in [0.2, 0.25) is 5.91 Å². The lowest BCUT2D eigenvalue weighted by Gasteiger charge is -2.40. The van der Waals surface area contributed by atoms with Crippen molar-refractivity contribution < 1.29 is 4.79 Å². The Labute approximate surface area is 99.4 Å². The van der Waals surface area contributed by atoms with E-state index in [1.807, 2.05) is 20.8 Å². The van der Waals surface area contributed by atoms with Gasteiger partial charge in [0.15, 0.2) is 0 Å². The van der Waals surface area contributed by atoms with Crippen LogP contribution in [0, 0.1) is 11.8 Å². The molecule has 0 aromatic rings. The number of carbonyl (C=O) groups is 1. The van der Waals surface area contributed by atoms with Gasteiger partial charge >= 0.3 is 0 Å². The molecule has 3 heteroatoms. The third-order valence-electron chi connectivity index (χ3n) is 3.43. The van der Waals surface area contributed by atoms with Crippen molar-refractivity contribution in [1.82, 2.24) is 10.6 Å². The molecule has 0 spiro atoms. The second kappa shape index (κ2) is 5.67. The van der Waals surface area contributed by atoms with E-state index in [2.05, 4.69) is 24.5 Å². The van der Waals surface area contributed by atoms with Gasteiger partial charge in [-0.25, -0.2) is 0 Å². The first-order chi connectivity index (χ1) is 7.40. The molecule has 1 fully saturated rings. The monoisotopic (exact) mass is 226 g/mol. The van der Waals surface area contributed by atoms with Crippen molar-refractivity contribution in [2.24, 2.45) is 11.8 Å². The van der Waals surface area contributed by atoms with E-state index in [-0.39, 0.29) is 18.0 Å². The molecule has 1 unspecified atom stereocenters. The van der Waals surface area contributed by atoms with Gasteiger partial charge in [0, 0.05) is 12.1 Å². The van der Waals surface area contributed by atoms with Crippen LogP contribution in [-0.2, 0) is 4.79 Å². The average molecular weight is 226 g/mol. The lowest BCUT2D eigenvalue weighted by Crippen LogP contribution is -2.52. The molecule has 0 saturated heterocycles. The fourth-order valence-corrected chi connectivity index (χ4v) is 2.18. The van der Waals surface area contributed by atoms with Crippen LogP contribution in [0.2, 0.25) is 0 Å². The Balaban J connectivity index is 2.21. The summed E-state index contributed by atoms with van der Waals surface area (Å²) < 4.78 is 0. The summed E-state index contributed by atoms with van der Waals surface area (Å²) in [4.78, 5) is 11.7. The van der Waals surface area contributed by atoms with Crippen molar-refractivity contribution in [3.05, 3.63) is 0 Å². The van der Waals surface area contributed by atoms with Gasteiger partial charge in [-0.05, 0) is 45.4 Å². The van der Waals surface area contributed by atoms with E-state index in [9.17, 15) is 4.79 Å².